The average Bonchev–Trinajstić information content (AvgIpc) is 2.54. The third-order valence-corrected chi connectivity index (χ3v) is 3.78. The van der Waals surface area contributed by atoms with Gasteiger partial charge in [0.05, 0.1) is 0 Å². The maximum Gasteiger partial charge on any atom is 0.295 e. The van der Waals surface area contributed by atoms with Gasteiger partial charge in [0.2, 0.25) is 0 Å². The minimum Gasteiger partial charge on any atom is -0.344 e. The fourth-order valence-electron chi connectivity index (χ4n) is 1.77. The number of rotatable bonds is 4. The summed E-state index contributed by atoms with van der Waals surface area (Å²) < 4.78 is 30.2. The van der Waals surface area contributed by atoms with E-state index in [-0.39, 0.29) is 11.0 Å². The molecule has 0 radical (unpaired) electrons. The molecule has 2 aromatic carbocycles. The van der Waals surface area contributed by atoms with Crippen molar-refractivity contribution in [2.45, 2.75) is 4.90 Å². The summed E-state index contributed by atoms with van der Waals surface area (Å²) in [4.78, 5) is -0.111. The molecule has 4 nitrogen and oxygen atoms in total. The van der Waals surface area contributed by atoms with E-state index in [0.29, 0.717) is 5.56 Å². The van der Waals surface area contributed by atoms with Gasteiger partial charge >= 0.3 is 0 Å². The normalized spacial score (nSPS) is 9.61. The third-order valence-electron chi connectivity index (χ3n) is 2.85. The van der Waals surface area contributed by atoms with Gasteiger partial charge in [-0.25, -0.2) is 0 Å². The van der Waals surface area contributed by atoms with Crippen molar-refractivity contribution in [1.82, 2.24) is 6.15 Å². The Morgan fingerprint density at radius 2 is 1.09 bits per heavy atom. The topological polar surface area (TPSA) is 89.4 Å². The lowest BCUT2D eigenvalue weighted by Crippen LogP contribution is -1.99. The lowest BCUT2D eigenvalue weighted by Gasteiger charge is -2.00. The molecular weight excluding hydrogens is 310 g/mol. The van der Waals surface area contributed by atoms with E-state index in [1.807, 2.05) is 36.4 Å². The van der Waals surface area contributed by atoms with Crippen LogP contribution in [0.1, 0.15) is 16.7 Å². The van der Waals surface area contributed by atoms with Crippen molar-refractivity contribution in [3.63, 3.8) is 0 Å². The molecule has 0 unspecified atom stereocenters. The standard InChI is InChI=1S/C10H10.C8H8O3S.H3N/c1-3-9-7-5-6-8-10(9)4-2;1-2-7-5-3-4-6-8(7)12(9,10)11;/h3-8H,1-2H2;2-6H,1H2,(H,9,10,11);1H3. The highest BCUT2D eigenvalue weighted by Crippen LogP contribution is 2.15. The van der Waals surface area contributed by atoms with E-state index in [1.54, 1.807) is 12.1 Å². The SMILES string of the molecule is C=Cc1ccccc1C=C.C=Cc1ccccc1S(=O)(=O)O.N. The molecule has 0 fully saturated rings. The first kappa shape index (κ1) is 20.5. The minimum atomic E-state index is -4.12. The molecule has 23 heavy (non-hydrogen) atoms. The van der Waals surface area contributed by atoms with Gasteiger partial charge in [0.1, 0.15) is 4.90 Å². The summed E-state index contributed by atoms with van der Waals surface area (Å²) in [5.41, 5.74) is 2.68. The van der Waals surface area contributed by atoms with Crippen LogP contribution in [-0.4, -0.2) is 13.0 Å². The minimum absolute atomic E-state index is 0. The molecule has 0 aromatic heterocycles. The average molecular weight is 331 g/mol. The zero-order valence-corrected chi connectivity index (χ0v) is 13.7. The summed E-state index contributed by atoms with van der Waals surface area (Å²) in [5, 5.41) is 0. The van der Waals surface area contributed by atoms with Crippen LogP contribution < -0.4 is 6.15 Å². The molecular formula is C18H21NO3S. The van der Waals surface area contributed by atoms with Gasteiger partial charge in [0.15, 0.2) is 0 Å². The van der Waals surface area contributed by atoms with E-state index >= 15 is 0 Å². The molecule has 0 amide bonds. The van der Waals surface area contributed by atoms with Crippen LogP contribution >= 0.6 is 0 Å². The molecule has 0 atom stereocenters. The van der Waals surface area contributed by atoms with Gasteiger partial charge in [-0.2, -0.15) is 8.42 Å². The first-order chi connectivity index (χ1) is 10.4. The number of hydrogen-bond acceptors (Lipinski definition) is 3. The lowest BCUT2D eigenvalue weighted by atomic mass is 10.1. The van der Waals surface area contributed by atoms with Crippen LogP contribution in [0.2, 0.25) is 0 Å². The van der Waals surface area contributed by atoms with Crippen LogP contribution in [0.4, 0.5) is 0 Å². The molecule has 0 heterocycles. The second-order valence-electron chi connectivity index (χ2n) is 4.25. The van der Waals surface area contributed by atoms with Crippen LogP contribution in [0.25, 0.3) is 18.2 Å². The fraction of sp³-hybridized carbons (Fsp3) is 0. The monoisotopic (exact) mass is 331 g/mol. The maximum absolute atomic E-state index is 10.7. The molecule has 0 aliphatic carbocycles. The molecule has 0 bridgehead atoms. The summed E-state index contributed by atoms with van der Waals surface area (Å²) in [5.74, 6) is 0. The zero-order chi connectivity index (χ0) is 16.6. The van der Waals surface area contributed by atoms with Crippen molar-refractivity contribution in [3.05, 3.63) is 85.0 Å². The molecule has 0 aliphatic heterocycles. The molecule has 0 spiro atoms. The van der Waals surface area contributed by atoms with E-state index in [0.717, 1.165) is 11.1 Å². The summed E-state index contributed by atoms with van der Waals surface area (Å²) in [6, 6.07) is 14.1. The first-order valence-corrected chi connectivity index (χ1v) is 7.91. The van der Waals surface area contributed by atoms with E-state index in [4.69, 9.17) is 4.55 Å². The number of hydrogen-bond donors (Lipinski definition) is 2. The molecule has 0 aliphatic rings. The lowest BCUT2D eigenvalue weighted by molar-refractivity contribution is 0.483. The Morgan fingerprint density at radius 3 is 1.39 bits per heavy atom. The van der Waals surface area contributed by atoms with E-state index in [9.17, 15) is 8.42 Å². The van der Waals surface area contributed by atoms with Crippen molar-refractivity contribution in [3.8, 4) is 0 Å². The fourth-order valence-corrected chi connectivity index (χ4v) is 2.47. The molecule has 5 heteroatoms. The summed E-state index contributed by atoms with van der Waals surface area (Å²) in [7, 11) is -4.12. The van der Waals surface area contributed by atoms with E-state index < -0.39 is 10.1 Å². The Balaban J connectivity index is 0.000000409. The third kappa shape index (κ3) is 6.04. The summed E-state index contributed by atoms with van der Waals surface area (Å²) in [6.07, 6.45) is 5.04. The molecule has 2 aromatic rings. The van der Waals surface area contributed by atoms with Gasteiger partial charge in [0, 0.05) is 0 Å². The summed E-state index contributed by atoms with van der Waals surface area (Å²) in [6.45, 7) is 10.8. The molecule has 122 valence electrons. The second kappa shape index (κ2) is 9.53. The Bertz CT molecular complexity index is 753. The van der Waals surface area contributed by atoms with Crippen LogP contribution in [0.3, 0.4) is 0 Å². The molecule has 2 rings (SSSR count). The van der Waals surface area contributed by atoms with Crippen LogP contribution in [0.15, 0.2) is 73.2 Å². The van der Waals surface area contributed by atoms with Gasteiger partial charge < -0.3 is 6.15 Å². The Morgan fingerprint density at radius 1 is 0.739 bits per heavy atom. The second-order valence-corrected chi connectivity index (χ2v) is 5.64. The quantitative estimate of drug-likeness (QED) is 0.794. The predicted octanol–water partition coefficient (Wildman–Crippen LogP) is 4.71. The highest BCUT2D eigenvalue weighted by Gasteiger charge is 2.11. The van der Waals surface area contributed by atoms with Crippen molar-refractivity contribution < 1.29 is 13.0 Å². The van der Waals surface area contributed by atoms with Crippen LogP contribution in [0.5, 0.6) is 0 Å². The van der Waals surface area contributed by atoms with Crippen LogP contribution in [0, 0.1) is 0 Å². The zero-order valence-electron chi connectivity index (χ0n) is 12.9. The first-order valence-electron chi connectivity index (χ1n) is 6.47. The Kier molecular flexibility index (Phi) is 8.50. The van der Waals surface area contributed by atoms with Gasteiger partial charge in [-0.3, -0.25) is 4.55 Å². The summed E-state index contributed by atoms with van der Waals surface area (Å²) >= 11 is 0. The highest BCUT2D eigenvalue weighted by atomic mass is 32.2. The van der Waals surface area contributed by atoms with Crippen molar-refractivity contribution in [1.29, 1.82) is 0 Å². The predicted molar refractivity (Wildman–Crippen MR) is 98.0 cm³/mol. The van der Waals surface area contributed by atoms with Gasteiger partial charge in [-0.05, 0) is 22.8 Å². The smallest absolute Gasteiger partial charge is 0.295 e. The maximum atomic E-state index is 10.7. The van der Waals surface area contributed by atoms with Gasteiger partial charge in [-0.15, -0.1) is 0 Å². The number of benzene rings is 2. The Hall–Kier alpha value is -2.47. The van der Waals surface area contributed by atoms with Gasteiger partial charge in [-0.1, -0.05) is 80.4 Å². The van der Waals surface area contributed by atoms with Crippen molar-refractivity contribution in [2.24, 2.45) is 0 Å². The molecule has 4 N–H and O–H groups in total. The van der Waals surface area contributed by atoms with E-state index in [1.165, 1.54) is 18.2 Å². The van der Waals surface area contributed by atoms with Crippen LogP contribution in [-0.2, 0) is 10.1 Å². The molecule has 0 saturated heterocycles. The highest BCUT2D eigenvalue weighted by molar-refractivity contribution is 7.85. The van der Waals surface area contributed by atoms with E-state index in [2.05, 4.69) is 19.7 Å². The van der Waals surface area contributed by atoms with Gasteiger partial charge in [0.25, 0.3) is 10.1 Å². The largest absolute Gasteiger partial charge is 0.344 e. The van der Waals surface area contributed by atoms with Crippen molar-refractivity contribution in [2.75, 3.05) is 0 Å². The molecule has 0 saturated carbocycles. The Labute approximate surface area is 137 Å². The van der Waals surface area contributed by atoms with Crippen molar-refractivity contribution >= 4 is 28.3 Å².